The molecule has 1 aromatic carbocycles. The normalized spacial score (nSPS) is 17.2. The predicted molar refractivity (Wildman–Crippen MR) is 108 cm³/mol. The number of benzene rings is 1. The van der Waals surface area contributed by atoms with Gasteiger partial charge in [0.05, 0.1) is 12.1 Å². The Morgan fingerprint density at radius 3 is 2.50 bits per heavy atom. The van der Waals surface area contributed by atoms with Crippen molar-refractivity contribution in [1.82, 2.24) is 4.90 Å². The van der Waals surface area contributed by atoms with Crippen LogP contribution in [-0.4, -0.2) is 49.7 Å². The van der Waals surface area contributed by atoms with Crippen LogP contribution in [-0.2, 0) is 16.0 Å². The van der Waals surface area contributed by atoms with Crippen LogP contribution in [0.3, 0.4) is 0 Å². The van der Waals surface area contributed by atoms with E-state index >= 15 is 0 Å². The third-order valence-corrected chi connectivity index (χ3v) is 6.19. The van der Waals surface area contributed by atoms with Gasteiger partial charge in [-0.15, -0.1) is 11.3 Å². The lowest BCUT2D eigenvalue weighted by Gasteiger charge is -2.48. The number of methoxy groups -OCH3 is 1. The topological polar surface area (TPSA) is 32.8 Å². The number of nitrogens with zero attached hydrogens (tertiary/aromatic N) is 2. The zero-order valence-corrected chi connectivity index (χ0v) is 16.5. The van der Waals surface area contributed by atoms with Crippen molar-refractivity contribution in [2.24, 2.45) is 0 Å². The molecule has 1 aliphatic rings. The van der Waals surface area contributed by atoms with Gasteiger partial charge >= 0.3 is 0 Å². The minimum atomic E-state index is -0.263. The quantitative estimate of drug-likeness (QED) is 0.741. The van der Waals surface area contributed by atoms with Crippen LogP contribution in [0.25, 0.3) is 0 Å². The van der Waals surface area contributed by atoms with Crippen molar-refractivity contribution in [3.05, 3.63) is 52.7 Å². The van der Waals surface area contributed by atoms with Crippen LogP contribution in [0.4, 0.5) is 5.69 Å². The fourth-order valence-electron chi connectivity index (χ4n) is 3.98. The Bertz CT molecular complexity index is 679. The molecule has 0 unspecified atom stereocenters. The van der Waals surface area contributed by atoms with Crippen LogP contribution < -0.4 is 4.90 Å². The molecule has 0 N–H and O–H groups in total. The Morgan fingerprint density at radius 2 is 1.92 bits per heavy atom. The smallest absolute Gasteiger partial charge is 0.224 e. The third kappa shape index (κ3) is 4.34. The van der Waals surface area contributed by atoms with Gasteiger partial charge in [-0.2, -0.15) is 0 Å². The highest BCUT2D eigenvalue weighted by molar-refractivity contribution is 7.09. The van der Waals surface area contributed by atoms with Crippen molar-refractivity contribution in [2.45, 2.75) is 31.7 Å². The number of hydrogen-bond donors (Lipinski definition) is 0. The Morgan fingerprint density at radius 1 is 1.19 bits per heavy atom. The molecule has 0 saturated carbocycles. The summed E-state index contributed by atoms with van der Waals surface area (Å²) in [6.07, 6.45) is 2.96. The average Bonchev–Trinajstić information content (AvgIpc) is 3.16. The second-order valence-electron chi connectivity index (χ2n) is 7.02. The average molecular weight is 373 g/mol. The van der Waals surface area contributed by atoms with Crippen molar-refractivity contribution in [1.29, 1.82) is 0 Å². The van der Waals surface area contributed by atoms with Crippen LogP contribution in [0, 0.1) is 0 Å². The summed E-state index contributed by atoms with van der Waals surface area (Å²) >= 11 is 1.83. The van der Waals surface area contributed by atoms with E-state index in [1.807, 2.05) is 46.6 Å². The van der Waals surface area contributed by atoms with Crippen molar-refractivity contribution < 1.29 is 9.53 Å². The van der Waals surface area contributed by atoms with Gasteiger partial charge in [0.15, 0.2) is 0 Å². The van der Waals surface area contributed by atoms with Crippen molar-refractivity contribution in [3.63, 3.8) is 0 Å². The van der Waals surface area contributed by atoms with Gasteiger partial charge < -0.3 is 14.5 Å². The summed E-state index contributed by atoms with van der Waals surface area (Å²) in [4.78, 5) is 18.5. The number of para-hydroxylation sites is 1. The van der Waals surface area contributed by atoms with Crippen LogP contribution in [0.15, 0.2) is 47.8 Å². The number of amides is 1. The van der Waals surface area contributed by atoms with E-state index in [0.29, 0.717) is 6.61 Å². The zero-order chi connectivity index (χ0) is 18.4. The molecular weight excluding hydrogens is 344 g/mol. The number of hydrogen-bond acceptors (Lipinski definition) is 4. The lowest BCUT2D eigenvalue weighted by atomic mass is 9.85. The van der Waals surface area contributed by atoms with Crippen molar-refractivity contribution >= 4 is 22.9 Å². The summed E-state index contributed by atoms with van der Waals surface area (Å²) in [6.45, 7) is 5.29. The molecule has 5 heteroatoms. The highest BCUT2D eigenvalue weighted by Gasteiger charge is 2.42. The Balaban J connectivity index is 1.71. The number of anilines is 1. The molecule has 1 aromatic heterocycles. The molecule has 3 rings (SSSR count). The van der Waals surface area contributed by atoms with E-state index in [4.69, 9.17) is 4.74 Å². The van der Waals surface area contributed by atoms with Crippen LogP contribution in [0.5, 0.6) is 0 Å². The standard InChI is InChI=1S/C21H28N2O2S/c1-18(24)23(19-7-4-3-5-8-19)21(17-25-2)11-14-22(15-12-21)13-10-20-9-6-16-26-20/h3-9,16H,10-15,17H2,1-2H3. The number of ether oxygens (including phenoxy) is 1. The maximum absolute atomic E-state index is 12.5. The Labute approximate surface area is 160 Å². The van der Waals surface area contributed by atoms with Crippen molar-refractivity contribution in [2.75, 3.05) is 38.3 Å². The molecule has 4 nitrogen and oxygen atoms in total. The summed E-state index contributed by atoms with van der Waals surface area (Å²) in [6, 6.07) is 14.3. The monoisotopic (exact) mass is 372 g/mol. The van der Waals surface area contributed by atoms with Crippen LogP contribution >= 0.6 is 11.3 Å². The third-order valence-electron chi connectivity index (χ3n) is 5.26. The molecule has 26 heavy (non-hydrogen) atoms. The fraction of sp³-hybridized carbons (Fsp3) is 0.476. The van der Waals surface area contributed by atoms with E-state index in [1.165, 1.54) is 4.88 Å². The lowest BCUT2D eigenvalue weighted by Crippen LogP contribution is -2.60. The van der Waals surface area contributed by atoms with Gasteiger partial charge in [0.2, 0.25) is 5.91 Å². The first kappa shape index (κ1) is 19.1. The molecule has 2 aromatic rings. The molecule has 0 aliphatic carbocycles. The Hall–Kier alpha value is -1.69. The summed E-state index contributed by atoms with van der Waals surface area (Å²) in [7, 11) is 1.73. The number of rotatable bonds is 7. The maximum Gasteiger partial charge on any atom is 0.224 e. The fourth-order valence-corrected chi connectivity index (χ4v) is 4.68. The second-order valence-corrected chi connectivity index (χ2v) is 8.05. The van der Waals surface area contributed by atoms with Gasteiger partial charge in [0, 0.05) is 44.2 Å². The molecule has 0 bridgehead atoms. The zero-order valence-electron chi connectivity index (χ0n) is 15.7. The van der Waals surface area contributed by atoms with Crippen LogP contribution in [0.1, 0.15) is 24.6 Å². The van der Waals surface area contributed by atoms with Gasteiger partial charge in [0.1, 0.15) is 0 Å². The molecule has 0 atom stereocenters. The SMILES string of the molecule is COCC1(N(C(C)=O)c2ccccc2)CCN(CCc2cccs2)CC1. The van der Waals surface area contributed by atoms with E-state index in [2.05, 4.69) is 22.4 Å². The van der Waals surface area contributed by atoms with E-state index in [0.717, 1.165) is 44.6 Å². The molecule has 1 aliphatic heterocycles. The summed E-state index contributed by atoms with van der Waals surface area (Å²) in [5.41, 5.74) is 0.700. The van der Waals surface area contributed by atoms with Crippen LogP contribution in [0.2, 0.25) is 0 Å². The molecule has 1 saturated heterocycles. The maximum atomic E-state index is 12.5. The second kappa shape index (κ2) is 8.80. The number of likely N-dealkylation sites (tertiary alicyclic amines) is 1. The first-order valence-corrected chi connectivity index (χ1v) is 10.1. The minimum Gasteiger partial charge on any atom is -0.382 e. The minimum absolute atomic E-state index is 0.0836. The van der Waals surface area contributed by atoms with Gasteiger partial charge in [-0.1, -0.05) is 24.3 Å². The van der Waals surface area contributed by atoms with Gasteiger partial charge in [-0.25, -0.2) is 0 Å². The van der Waals surface area contributed by atoms with Gasteiger partial charge in [0.25, 0.3) is 0 Å². The molecule has 0 spiro atoms. The molecule has 0 radical (unpaired) electrons. The molecule has 1 fully saturated rings. The Kier molecular flexibility index (Phi) is 6.46. The number of thiophene rings is 1. The first-order valence-electron chi connectivity index (χ1n) is 9.24. The van der Waals surface area contributed by atoms with E-state index < -0.39 is 0 Å². The summed E-state index contributed by atoms with van der Waals surface area (Å²) in [5.74, 6) is 0.0836. The van der Waals surface area contributed by atoms with E-state index in [-0.39, 0.29) is 11.4 Å². The van der Waals surface area contributed by atoms with E-state index in [9.17, 15) is 4.79 Å². The van der Waals surface area contributed by atoms with Gasteiger partial charge in [-0.05, 0) is 42.8 Å². The molecule has 1 amide bonds. The lowest BCUT2D eigenvalue weighted by molar-refractivity contribution is -0.118. The summed E-state index contributed by atoms with van der Waals surface area (Å²) < 4.78 is 5.58. The largest absolute Gasteiger partial charge is 0.382 e. The number of carbonyl (C=O) groups excluding carboxylic acids is 1. The highest BCUT2D eigenvalue weighted by Crippen LogP contribution is 2.34. The van der Waals surface area contributed by atoms with E-state index in [1.54, 1.807) is 14.0 Å². The van der Waals surface area contributed by atoms with Crippen molar-refractivity contribution in [3.8, 4) is 0 Å². The predicted octanol–water partition coefficient (Wildman–Crippen LogP) is 3.82. The molecule has 140 valence electrons. The molecule has 2 heterocycles. The number of piperidine rings is 1. The summed E-state index contributed by atoms with van der Waals surface area (Å²) in [5, 5.41) is 2.14. The number of carbonyl (C=O) groups is 1. The molecular formula is C21H28N2O2S. The first-order chi connectivity index (χ1) is 12.6. The highest BCUT2D eigenvalue weighted by atomic mass is 32.1. The van der Waals surface area contributed by atoms with Gasteiger partial charge in [-0.3, -0.25) is 4.79 Å².